The first kappa shape index (κ1) is 16.3. The molecule has 0 amide bonds. The van der Waals surface area contributed by atoms with Crippen molar-refractivity contribution >= 4 is 21.6 Å². The number of hydrogen-bond acceptors (Lipinski definition) is 4. The maximum atomic E-state index is 11.2. The van der Waals surface area contributed by atoms with E-state index in [4.69, 9.17) is 5.73 Å². The largest absolute Gasteiger partial charge is 0.327 e. The third kappa shape index (κ3) is 9.48. The molecule has 2 N–H and O–H groups in total. The zero-order valence-electron chi connectivity index (χ0n) is 10.6. The minimum absolute atomic E-state index is 0.135. The minimum Gasteiger partial charge on any atom is -0.327 e. The Morgan fingerprint density at radius 2 is 1.88 bits per heavy atom. The maximum absolute atomic E-state index is 11.2. The molecular weight excluding hydrogens is 242 g/mol. The van der Waals surface area contributed by atoms with E-state index in [0.717, 1.165) is 17.9 Å². The summed E-state index contributed by atoms with van der Waals surface area (Å²) in [5.41, 5.74) is 5.92. The second-order valence-electron chi connectivity index (χ2n) is 4.57. The summed E-state index contributed by atoms with van der Waals surface area (Å²) < 4.78 is 22.5. The Kier molecular flexibility index (Phi) is 8.50. The van der Waals surface area contributed by atoms with Gasteiger partial charge in [-0.2, -0.15) is 11.8 Å². The fourth-order valence-corrected chi connectivity index (χ4v) is 3.22. The summed E-state index contributed by atoms with van der Waals surface area (Å²) >= 11 is 1.86. The molecule has 16 heavy (non-hydrogen) atoms. The molecule has 0 heterocycles. The van der Waals surface area contributed by atoms with Gasteiger partial charge in [0.15, 0.2) is 0 Å². The Balaban J connectivity index is 3.55. The van der Waals surface area contributed by atoms with Gasteiger partial charge in [-0.15, -0.1) is 0 Å². The Morgan fingerprint density at radius 3 is 2.38 bits per heavy atom. The fraction of sp³-hybridized carbons (Fsp3) is 1.00. The van der Waals surface area contributed by atoms with Gasteiger partial charge >= 0.3 is 0 Å². The van der Waals surface area contributed by atoms with E-state index in [1.165, 1.54) is 0 Å². The smallest absolute Gasteiger partial charge is 0.150 e. The van der Waals surface area contributed by atoms with Crippen LogP contribution in [0.1, 0.15) is 33.6 Å². The molecule has 0 radical (unpaired) electrons. The second kappa shape index (κ2) is 8.37. The summed E-state index contributed by atoms with van der Waals surface area (Å²) in [5.74, 6) is 3.28. The highest BCUT2D eigenvalue weighted by Crippen LogP contribution is 2.10. The van der Waals surface area contributed by atoms with E-state index in [0.29, 0.717) is 12.3 Å². The van der Waals surface area contributed by atoms with Crippen LogP contribution in [0.4, 0.5) is 0 Å². The van der Waals surface area contributed by atoms with E-state index in [1.807, 2.05) is 11.8 Å². The molecule has 5 heteroatoms. The molecule has 0 aromatic carbocycles. The quantitative estimate of drug-likeness (QED) is 0.693. The van der Waals surface area contributed by atoms with Crippen molar-refractivity contribution in [1.82, 2.24) is 0 Å². The molecule has 0 spiro atoms. The van der Waals surface area contributed by atoms with Crippen molar-refractivity contribution in [2.45, 2.75) is 39.7 Å². The number of nitrogens with two attached hydrogens (primary N) is 1. The van der Waals surface area contributed by atoms with E-state index in [1.54, 1.807) is 6.92 Å². The predicted octanol–water partition coefficient (Wildman–Crippen LogP) is 1.92. The second-order valence-corrected chi connectivity index (χ2v) is 8.12. The summed E-state index contributed by atoms with van der Waals surface area (Å²) in [6.45, 7) is 6.06. The lowest BCUT2D eigenvalue weighted by molar-refractivity contribution is 0.587. The molecule has 0 aromatic rings. The van der Waals surface area contributed by atoms with E-state index >= 15 is 0 Å². The third-order valence-electron chi connectivity index (χ3n) is 2.25. The Hall–Kier alpha value is 0.260. The molecule has 0 rings (SSSR count). The Bertz CT molecular complexity index is 263. The van der Waals surface area contributed by atoms with Crippen LogP contribution in [0.3, 0.4) is 0 Å². The molecule has 1 unspecified atom stereocenters. The van der Waals surface area contributed by atoms with Gasteiger partial charge in [-0.05, 0) is 24.5 Å². The molecule has 3 nitrogen and oxygen atoms in total. The first-order valence-corrected chi connectivity index (χ1v) is 8.88. The molecule has 0 saturated heterocycles. The maximum Gasteiger partial charge on any atom is 0.150 e. The van der Waals surface area contributed by atoms with Gasteiger partial charge in [-0.1, -0.05) is 20.8 Å². The molecule has 1 atom stereocenters. The minimum atomic E-state index is -2.81. The molecular formula is C11H25NO2S2. The average Bonchev–Trinajstić information content (AvgIpc) is 2.17. The lowest BCUT2D eigenvalue weighted by Crippen LogP contribution is -2.24. The van der Waals surface area contributed by atoms with Gasteiger partial charge in [-0.3, -0.25) is 0 Å². The van der Waals surface area contributed by atoms with Crippen molar-refractivity contribution in [2.75, 3.05) is 23.0 Å². The van der Waals surface area contributed by atoms with Crippen molar-refractivity contribution in [3.8, 4) is 0 Å². The van der Waals surface area contributed by atoms with Crippen LogP contribution in [0.15, 0.2) is 0 Å². The highest BCUT2D eigenvalue weighted by molar-refractivity contribution is 7.99. The van der Waals surface area contributed by atoms with Crippen LogP contribution in [-0.4, -0.2) is 37.5 Å². The highest BCUT2D eigenvalue weighted by Gasteiger charge is 2.09. The van der Waals surface area contributed by atoms with Gasteiger partial charge in [0.1, 0.15) is 9.84 Å². The van der Waals surface area contributed by atoms with Crippen LogP contribution in [0.25, 0.3) is 0 Å². The third-order valence-corrected chi connectivity index (χ3v) is 5.61. The summed E-state index contributed by atoms with van der Waals surface area (Å²) in [4.78, 5) is 0. The average molecular weight is 267 g/mol. The van der Waals surface area contributed by atoms with Gasteiger partial charge < -0.3 is 5.73 Å². The zero-order valence-corrected chi connectivity index (χ0v) is 12.2. The monoisotopic (exact) mass is 267 g/mol. The number of hydrogen-bond donors (Lipinski definition) is 1. The Morgan fingerprint density at radius 1 is 1.25 bits per heavy atom. The van der Waals surface area contributed by atoms with Gasteiger partial charge in [0.05, 0.1) is 5.75 Å². The van der Waals surface area contributed by atoms with Crippen LogP contribution in [-0.2, 0) is 9.84 Å². The van der Waals surface area contributed by atoms with Crippen molar-refractivity contribution in [3.05, 3.63) is 0 Å². The number of sulfone groups is 1. The molecule has 98 valence electrons. The normalized spacial score (nSPS) is 14.3. The molecule has 0 bridgehead atoms. The van der Waals surface area contributed by atoms with Gasteiger partial charge in [0.25, 0.3) is 0 Å². The highest BCUT2D eigenvalue weighted by atomic mass is 32.2. The SMILES string of the molecule is CCS(=O)(=O)CCCC(N)CSCC(C)C. The van der Waals surface area contributed by atoms with Gasteiger partial charge in [0.2, 0.25) is 0 Å². The lowest BCUT2D eigenvalue weighted by atomic mass is 10.2. The van der Waals surface area contributed by atoms with Crippen LogP contribution >= 0.6 is 11.8 Å². The van der Waals surface area contributed by atoms with Crippen molar-refractivity contribution in [3.63, 3.8) is 0 Å². The molecule has 0 aliphatic carbocycles. The molecule has 0 saturated carbocycles. The van der Waals surface area contributed by atoms with Crippen LogP contribution in [0.2, 0.25) is 0 Å². The lowest BCUT2D eigenvalue weighted by Gasteiger charge is -2.11. The first-order chi connectivity index (χ1) is 7.37. The van der Waals surface area contributed by atoms with Gasteiger partial charge in [0, 0.05) is 17.5 Å². The van der Waals surface area contributed by atoms with Crippen molar-refractivity contribution in [1.29, 1.82) is 0 Å². The number of rotatable bonds is 9. The number of thioether (sulfide) groups is 1. The summed E-state index contributed by atoms with van der Waals surface area (Å²) in [6, 6.07) is 0.135. The van der Waals surface area contributed by atoms with E-state index in [-0.39, 0.29) is 17.5 Å². The summed E-state index contributed by atoms with van der Waals surface area (Å²) in [5, 5.41) is 0. The zero-order chi connectivity index (χ0) is 12.6. The molecule has 0 aliphatic heterocycles. The van der Waals surface area contributed by atoms with Crippen molar-refractivity contribution < 1.29 is 8.42 Å². The van der Waals surface area contributed by atoms with Crippen LogP contribution in [0.5, 0.6) is 0 Å². The topological polar surface area (TPSA) is 60.2 Å². The summed E-state index contributed by atoms with van der Waals surface area (Å²) in [7, 11) is -2.81. The standard InChI is InChI=1S/C11H25NO2S2/c1-4-16(13,14)7-5-6-11(12)9-15-8-10(2)3/h10-11H,4-9,12H2,1-3H3. The van der Waals surface area contributed by atoms with Crippen molar-refractivity contribution in [2.24, 2.45) is 11.7 Å². The van der Waals surface area contributed by atoms with E-state index in [2.05, 4.69) is 13.8 Å². The Labute approximate surface area is 104 Å². The molecule has 0 aromatic heterocycles. The van der Waals surface area contributed by atoms with Crippen LogP contribution < -0.4 is 5.73 Å². The molecule has 0 fully saturated rings. The molecule has 0 aliphatic rings. The summed E-state index contributed by atoms with van der Waals surface area (Å²) in [6.07, 6.45) is 1.50. The first-order valence-electron chi connectivity index (χ1n) is 5.91. The van der Waals surface area contributed by atoms with E-state index in [9.17, 15) is 8.42 Å². The predicted molar refractivity (Wildman–Crippen MR) is 73.7 cm³/mol. The fourth-order valence-electron chi connectivity index (χ4n) is 1.25. The van der Waals surface area contributed by atoms with Gasteiger partial charge in [-0.25, -0.2) is 8.42 Å². The van der Waals surface area contributed by atoms with Crippen LogP contribution in [0, 0.1) is 5.92 Å². The van der Waals surface area contributed by atoms with E-state index < -0.39 is 9.84 Å².